The molecule has 2 rings (SSSR count). The molecule has 1 aromatic rings. The first-order valence-electron chi connectivity index (χ1n) is 6.68. The van der Waals surface area contributed by atoms with Crippen LogP contribution in [0.25, 0.3) is 0 Å². The van der Waals surface area contributed by atoms with Gasteiger partial charge in [-0.05, 0) is 25.2 Å². The number of aromatic nitrogens is 2. The molecule has 1 heterocycles. The summed E-state index contributed by atoms with van der Waals surface area (Å²) in [5.41, 5.74) is 0.300. The van der Waals surface area contributed by atoms with Gasteiger partial charge in [0.15, 0.2) is 5.03 Å². The molecule has 2 unspecified atom stereocenters. The van der Waals surface area contributed by atoms with Gasteiger partial charge in [0, 0.05) is 11.6 Å². The Morgan fingerprint density at radius 2 is 2.21 bits per heavy atom. The van der Waals surface area contributed by atoms with Gasteiger partial charge in [0.2, 0.25) is 0 Å². The lowest BCUT2D eigenvalue weighted by molar-refractivity contribution is 0.278. The van der Waals surface area contributed by atoms with Crippen molar-refractivity contribution < 1.29 is 13.5 Å². The van der Waals surface area contributed by atoms with Gasteiger partial charge in [-0.15, -0.1) is 0 Å². The van der Waals surface area contributed by atoms with E-state index < -0.39 is 10.0 Å². The maximum absolute atomic E-state index is 12.2. The standard InChI is InChI=1S/C12H21N3O3S/c1-9-3-2-4-11(6-5-9)15-19(17,18)12-10(8-16)7-13-14-12/h7,9,11,15-16H,2-6,8H2,1H3,(H,13,14). The molecule has 1 aliphatic carbocycles. The highest BCUT2D eigenvalue weighted by atomic mass is 32.2. The van der Waals surface area contributed by atoms with Gasteiger partial charge in [-0.1, -0.05) is 19.8 Å². The fraction of sp³-hybridized carbons (Fsp3) is 0.750. The van der Waals surface area contributed by atoms with Crippen LogP contribution in [0, 0.1) is 5.92 Å². The Balaban J connectivity index is 2.09. The van der Waals surface area contributed by atoms with E-state index >= 15 is 0 Å². The van der Waals surface area contributed by atoms with Crippen molar-refractivity contribution in [2.75, 3.05) is 0 Å². The zero-order valence-corrected chi connectivity index (χ0v) is 11.9. The molecule has 0 saturated heterocycles. The van der Waals surface area contributed by atoms with Gasteiger partial charge in [-0.25, -0.2) is 13.1 Å². The maximum atomic E-state index is 12.2. The van der Waals surface area contributed by atoms with Gasteiger partial charge in [0.25, 0.3) is 10.0 Å². The van der Waals surface area contributed by atoms with Crippen LogP contribution in [-0.2, 0) is 16.6 Å². The molecule has 0 aliphatic heterocycles. The van der Waals surface area contributed by atoms with E-state index in [-0.39, 0.29) is 17.7 Å². The van der Waals surface area contributed by atoms with Gasteiger partial charge in [-0.3, -0.25) is 5.10 Å². The molecule has 1 saturated carbocycles. The first-order valence-corrected chi connectivity index (χ1v) is 8.16. The lowest BCUT2D eigenvalue weighted by atomic mass is 10.0. The first-order chi connectivity index (χ1) is 9.03. The van der Waals surface area contributed by atoms with Gasteiger partial charge in [0.1, 0.15) is 0 Å². The summed E-state index contributed by atoms with van der Waals surface area (Å²) in [6.07, 6.45) is 6.32. The van der Waals surface area contributed by atoms with Gasteiger partial charge < -0.3 is 5.11 Å². The van der Waals surface area contributed by atoms with E-state index in [1.165, 1.54) is 6.20 Å². The molecule has 0 bridgehead atoms. The minimum absolute atomic E-state index is 0.0210. The largest absolute Gasteiger partial charge is 0.392 e. The Morgan fingerprint density at radius 3 is 2.95 bits per heavy atom. The number of hydrogen-bond acceptors (Lipinski definition) is 4. The van der Waals surface area contributed by atoms with Crippen LogP contribution in [0.3, 0.4) is 0 Å². The lowest BCUT2D eigenvalue weighted by Crippen LogP contribution is -2.35. The zero-order valence-electron chi connectivity index (χ0n) is 11.1. The number of aliphatic hydroxyl groups excluding tert-OH is 1. The molecule has 6 nitrogen and oxygen atoms in total. The van der Waals surface area contributed by atoms with Crippen molar-refractivity contribution in [2.45, 2.75) is 56.7 Å². The van der Waals surface area contributed by atoms with Crippen molar-refractivity contribution in [1.29, 1.82) is 0 Å². The molecule has 1 fully saturated rings. The molecule has 0 spiro atoms. The summed E-state index contributed by atoms with van der Waals surface area (Å²) in [6.45, 7) is 1.87. The summed E-state index contributed by atoms with van der Waals surface area (Å²) in [6, 6.07) is -0.0233. The minimum Gasteiger partial charge on any atom is -0.392 e. The topological polar surface area (TPSA) is 95.1 Å². The molecule has 0 amide bonds. The summed E-state index contributed by atoms with van der Waals surface area (Å²) in [7, 11) is -3.62. The van der Waals surface area contributed by atoms with Crippen LogP contribution >= 0.6 is 0 Å². The van der Waals surface area contributed by atoms with Crippen molar-refractivity contribution in [2.24, 2.45) is 5.92 Å². The second kappa shape index (κ2) is 6.02. The monoisotopic (exact) mass is 287 g/mol. The van der Waals surface area contributed by atoms with E-state index in [1.807, 2.05) is 0 Å². The van der Waals surface area contributed by atoms with Crippen molar-refractivity contribution in [3.63, 3.8) is 0 Å². The van der Waals surface area contributed by atoms with E-state index in [1.54, 1.807) is 0 Å². The number of nitrogens with zero attached hydrogens (tertiary/aromatic N) is 1. The summed E-state index contributed by atoms with van der Waals surface area (Å²) in [5, 5.41) is 15.2. The van der Waals surface area contributed by atoms with Gasteiger partial charge in [-0.2, -0.15) is 5.10 Å². The minimum atomic E-state index is -3.62. The van der Waals surface area contributed by atoms with E-state index in [0.29, 0.717) is 11.5 Å². The van der Waals surface area contributed by atoms with Gasteiger partial charge in [0.05, 0.1) is 12.8 Å². The highest BCUT2D eigenvalue weighted by Gasteiger charge is 2.25. The van der Waals surface area contributed by atoms with Crippen molar-refractivity contribution in [3.05, 3.63) is 11.8 Å². The highest BCUT2D eigenvalue weighted by molar-refractivity contribution is 7.89. The van der Waals surface area contributed by atoms with Gasteiger partial charge >= 0.3 is 0 Å². The molecule has 1 aliphatic rings. The number of sulfonamides is 1. The first kappa shape index (κ1) is 14.5. The van der Waals surface area contributed by atoms with Crippen molar-refractivity contribution in [1.82, 2.24) is 14.9 Å². The average Bonchev–Trinajstić information content (AvgIpc) is 2.76. The second-order valence-electron chi connectivity index (χ2n) is 5.31. The fourth-order valence-electron chi connectivity index (χ4n) is 2.53. The van der Waals surface area contributed by atoms with E-state index in [2.05, 4.69) is 21.8 Å². The molecule has 0 radical (unpaired) electrons. The fourth-order valence-corrected chi connectivity index (χ4v) is 3.96. The SMILES string of the molecule is CC1CCCC(NS(=O)(=O)c2[nH]ncc2CO)CC1. The van der Waals surface area contributed by atoms with Crippen LogP contribution in [-0.4, -0.2) is 29.8 Å². The highest BCUT2D eigenvalue weighted by Crippen LogP contribution is 2.24. The molecule has 1 aromatic heterocycles. The van der Waals surface area contributed by atoms with E-state index in [0.717, 1.165) is 32.1 Å². The summed E-state index contributed by atoms with van der Waals surface area (Å²) < 4.78 is 27.2. The number of H-pyrrole nitrogens is 1. The van der Waals surface area contributed by atoms with Crippen LogP contribution in [0.5, 0.6) is 0 Å². The maximum Gasteiger partial charge on any atom is 0.258 e. The Labute approximate surface area is 113 Å². The van der Waals surface area contributed by atoms with Crippen LogP contribution in [0.15, 0.2) is 11.2 Å². The second-order valence-corrected chi connectivity index (χ2v) is 6.96. The summed E-state index contributed by atoms with van der Waals surface area (Å²) in [5.74, 6) is 0.662. The Bertz CT molecular complexity index is 512. The summed E-state index contributed by atoms with van der Waals surface area (Å²) in [4.78, 5) is 0. The van der Waals surface area contributed by atoms with E-state index in [9.17, 15) is 8.42 Å². The predicted octanol–water partition coefficient (Wildman–Crippen LogP) is 1.15. The third-order valence-electron chi connectivity index (χ3n) is 3.70. The quantitative estimate of drug-likeness (QED) is 0.724. The average molecular weight is 287 g/mol. The molecular weight excluding hydrogens is 266 g/mol. The Kier molecular flexibility index (Phi) is 4.59. The normalized spacial score (nSPS) is 25.2. The van der Waals surface area contributed by atoms with Crippen molar-refractivity contribution >= 4 is 10.0 Å². The third-order valence-corrected chi connectivity index (χ3v) is 5.23. The molecule has 0 aromatic carbocycles. The number of nitrogens with one attached hydrogen (secondary N) is 2. The zero-order chi connectivity index (χ0) is 13.9. The number of rotatable bonds is 4. The number of aliphatic hydroxyl groups is 1. The molecule has 7 heteroatoms. The number of aromatic amines is 1. The number of hydrogen-bond donors (Lipinski definition) is 3. The molecule has 19 heavy (non-hydrogen) atoms. The van der Waals surface area contributed by atoms with Crippen LogP contribution < -0.4 is 4.72 Å². The molecule has 3 N–H and O–H groups in total. The van der Waals surface area contributed by atoms with Crippen LogP contribution in [0.1, 0.15) is 44.6 Å². The van der Waals surface area contributed by atoms with E-state index in [4.69, 9.17) is 5.11 Å². The third kappa shape index (κ3) is 3.55. The smallest absolute Gasteiger partial charge is 0.258 e. The summed E-state index contributed by atoms with van der Waals surface area (Å²) >= 11 is 0. The lowest BCUT2D eigenvalue weighted by Gasteiger charge is -2.16. The Morgan fingerprint density at radius 1 is 1.42 bits per heavy atom. The molecule has 2 atom stereocenters. The van der Waals surface area contributed by atoms with Crippen LogP contribution in [0.4, 0.5) is 0 Å². The van der Waals surface area contributed by atoms with Crippen molar-refractivity contribution in [3.8, 4) is 0 Å². The molecule has 108 valence electrons. The predicted molar refractivity (Wildman–Crippen MR) is 70.9 cm³/mol. The Hall–Kier alpha value is -0.920. The molecular formula is C12H21N3O3S. The van der Waals surface area contributed by atoms with Crippen LogP contribution in [0.2, 0.25) is 0 Å².